The van der Waals surface area contributed by atoms with Crippen molar-refractivity contribution in [3.8, 4) is 11.5 Å². The zero-order chi connectivity index (χ0) is 23.9. The van der Waals surface area contributed by atoms with Crippen molar-refractivity contribution in [2.24, 2.45) is 0 Å². The Kier molecular flexibility index (Phi) is 8.55. The summed E-state index contributed by atoms with van der Waals surface area (Å²) in [5, 5.41) is 2.83. The lowest BCUT2D eigenvalue weighted by Crippen LogP contribution is -2.39. The largest absolute Gasteiger partial charge is 0.492 e. The van der Waals surface area contributed by atoms with E-state index in [9.17, 15) is 13.2 Å². The molecule has 0 radical (unpaired) electrons. The molecule has 0 aliphatic heterocycles. The number of anilines is 1. The van der Waals surface area contributed by atoms with Crippen molar-refractivity contribution < 1.29 is 22.7 Å². The topological polar surface area (TPSA) is 84.9 Å². The lowest BCUT2D eigenvalue weighted by atomic mass is 9.87. The maximum atomic E-state index is 12.5. The third kappa shape index (κ3) is 7.44. The quantitative estimate of drug-likeness (QED) is 0.544. The van der Waals surface area contributed by atoms with Gasteiger partial charge in [-0.05, 0) is 53.8 Å². The molecule has 0 aliphatic rings. The van der Waals surface area contributed by atoms with E-state index in [4.69, 9.17) is 9.47 Å². The first-order chi connectivity index (χ1) is 14.9. The van der Waals surface area contributed by atoms with E-state index in [2.05, 4.69) is 26.1 Å². The van der Waals surface area contributed by atoms with E-state index in [1.807, 2.05) is 31.2 Å². The van der Waals surface area contributed by atoms with Crippen molar-refractivity contribution in [2.45, 2.75) is 45.6 Å². The van der Waals surface area contributed by atoms with E-state index in [1.54, 1.807) is 24.3 Å². The first kappa shape index (κ1) is 25.5. The Labute approximate surface area is 191 Å². The first-order valence-electron chi connectivity index (χ1n) is 10.6. The summed E-state index contributed by atoms with van der Waals surface area (Å²) in [4.78, 5) is 12.5. The number of carbonyl (C=O) groups is 1. The van der Waals surface area contributed by atoms with Gasteiger partial charge in [0.1, 0.15) is 18.1 Å². The summed E-state index contributed by atoms with van der Waals surface area (Å²) in [7, 11) is -1.85. The van der Waals surface area contributed by atoms with Crippen LogP contribution in [0.3, 0.4) is 0 Å². The minimum atomic E-state index is -3.34. The van der Waals surface area contributed by atoms with E-state index >= 15 is 0 Å². The summed E-state index contributed by atoms with van der Waals surface area (Å²) in [6, 6.07) is 14.5. The van der Waals surface area contributed by atoms with Crippen LogP contribution >= 0.6 is 0 Å². The molecule has 0 saturated heterocycles. The Hall–Kier alpha value is -2.74. The van der Waals surface area contributed by atoms with Crippen LogP contribution in [0.4, 0.5) is 5.69 Å². The van der Waals surface area contributed by atoms with E-state index in [-0.39, 0.29) is 11.3 Å². The van der Waals surface area contributed by atoms with Gasteiger partial charge in [0.2, 0.25) is 10.0 Å². The fourth-order valence-corrected chi connectivity index (χ4v) is 3.43. The second-order valence-corrected chi connectivity index (χ2v) is 10.7. The highest BCUT2D eigenvalue weighted by Gasteiger charge is 2.19. The molecule has 0 aliphatic carbocycles. The van der Waals surface area contributed by atoms with Crippen LogP contribution in [0.25, 0.3) is 0 Å². The smallest absolute Gasteiger partial charge is 0.261 e. The van der Waals surface area contributed by atoms with Crippen LogP contribution in [0.1, 0.15) is 39.7 Å². The third-order valence-electron chi connectivity index (χ3n) is 5.03. The molecule has 0 bridgehead atoms. The van der Waals surface area contributed by atoms with Gasteiger partial charge >= 0.3 is 0 Å². The number of rotatable bonds is 10. The number of carbonyl (C=O) groups excluding carboxylic acids is 1. The van der Waals surface area contributed by atoms with Gasteiger partial charge in [-0.1, -0.05) is 39.8 Å². The van der Waals surface area contributed by atoms with E-state index in [1.165, 1.54) is 16.9 Å². The zero-order valence-electron chi connectivity index (χ0n) is 19.7. The van der Waals surface area contributed by atoms with E-state index in [0.717, 1.165) is 12.0 Å². The van der Waals surface area contributed by atoms with Gasteiger partial charge in [-0.2, -0.15) is 0 Å². The average Bonchev–Trinajstić information content (AvgIpc) is 2.74. The van der Waals surface area contributed by atoms with Gasteiger partial charge in [-0.15, -0.1) is 0 Å². The Bertz CT molecular complexity index is 981. The maximum Gasteiger partial charge on any atom is 0.261 e. The van der Waals surface area contributed by atoms with Gasteiger partial charge < -0.3 is 14.8 Å². The van der Waals surface area contributed by atoms with Crippen molar-refractivity contribution in [1.82, 2.24) is 5.32 Å². The van der Waals surface area contributed by atoms with E-state index < -0.39 is 16.1 Å². The monoisotopic (exact) mass is 462 g/mol. The number of amides is 1. The highest BCUT2D eigenvalue weighted by molar-refractivity contribution is 7.92. The fraction of sp³-hybridized carbons (Fsp3) is 0.458. The molecule has 1 N–H and O–H groups in total. The summed E-state index contributed by atoms with van der Waals surface area (Å²) in [6.45, 7) is 9.05. The van der Waals surface area contributed by atoms with Crippen molar-refractivity contribution in [2.75, 3.05) is 30.8 Å². The molecule has 0 spiro atoms. The predicted molar refractivity (Wildman–Crippen MR) is 128 cm³/mol. The van der Waals surface area contributed by atoms with Gasteiger partial charge in [0, 0.05) is 7.05 Å². The zero-order valence-corrected chi connectivity index (χ0v) is 20.5. The molecule has 2 aromatic carbocycles. The Morgan fingerprint density at radius 1 is 1.03 bits per heavy atom. The van der Waals surface area contributed by atoms with Crippen molar-refractivity contribution in [3.05, 3.63) is 54.1 Å². The van der Waals surface area contributed by atoms with Gasteiger partial charge in [0.25, 0.3) is 5.91 Å². The second kappa shape index (κ2) is 10.7. The SMILES string of the molecule is CCC(Oc1ccc(N(C)S(C)(=O)=O)cc1)C(=O)NCCOc1ccc(C(C)(C)C)cc1. The Morgan fingerprint density at radius 2 is 1.59 bits per heavy atom. The molecular weight excluding hydrogens is 428 g/mol. The fourth-order valence-electron chi connectivity index (χ4n) is 2.92. The summed E-state index contributed by atoms with van der Waals surface area (Å²) < 4.78 is 35.9. The second-order valence-electron chi connectivity index (χ2n) is 8.65. The van der Waals surface area contributed by atoms with Gasteiger partial charge in [-0.3, -0.25) is 9.10 Å². The van der Waals surface area contributed by atoms with Crippen LogP contribution in [0.5, 0.6) is 11.5 Å². The minimum Gasteiger partial charge on any atom is -0.492 e. The number of sulfonamides is 1. The molecule has 0 saturated carbocycles. The van der Waals surface area contributed by atoms with Gasteiger partial charge in [-0.25, -0.2) is 8.42 Å². The molecule has 0 aromatic heterocycles. The van der Waals surface area contributed by atoms with Crippen LogP contribution in [-0.4, -0.2) is 46.9 Å². The molecule has 32 heavy (non-hydrogen) atoms. The third-order valence-corrected chi connectivity index (χ3v) is 6.24. The summed E-state index contributed by atoms with van der Waals surface area (Å²) >= 11 is 0. The number of hydrogen-bond donors (Lipinski definition) is 1. The summed E-state index contributed by atoms with van der Waals surface area (Å²) in [5.41, 5.74) is 1.84. The Morgan fingerprint density at radius 3 is 2.09 bits per heavy atom. The standard InChI is InChI=1S/C24H34N2O5S/c1-7-22(31-21-14-10-19(11-15-21)26(5)32(6,28)29)23(27)25-16-17-30-20-12-8-18(9-13-20)24(2,3)4/h8-15,22H,7,16-17H2,1-6H3,(H,25,27). The number of hydrogen-bond acceptors (Lipinski definition) is 5. The van der Waals surface area contributed by atoms with Gasteiger partial charge in [0.05, 0.1) is 18.5 Å². The molecule has 2 rings (SSSR count). The molecule has 8 heteroatoms. The van der Waals surface area contributed by atoms with Crippen LogP contribution in [-0.2, 0) is 20.2 Å². The van der Waals surface area contributed by atoms with Gasteiger partial charge in [0.15, 0.2) is 6.10 Å². The average molecular weight is 463 g/mol. The molecule has 1 atom stereocenters. The molecule has 1 unspecified atom stereocenters. The number of nitrogens with one attached hydrogen (secondary N) is 1. The summed E-state index contributed by atoms with van der Waals surface area (Å²) in [6.07, 6.45) is 0.977. The molecular formula is C24H34N2O5S. The highest BCUT2D eigenvalue weighted by Crippen LogP contribution is 2.24. The van der Waals surface area contributed by atoms with E-state index in [0.29, 0.717) is 31.0 Å². The van der Waals surface area contributed by atoms with Crippen LogP contribution in [0, 0.1) is 0 Å². The molecule has 7 nitrogen and oxygen atoms in total. The number of nitrogens with zero attached hydrogens (tertiary/aromatic N) is 1. The molecule has 1 amide bonds. The van der Waals surface area contributed by atoms with Crippen LogP contribution in [0.15, 0.2) is 48.5 Å². The lowest BCUT2D eigenvalue weighted by Gasteiger charge is -2.20. The molecule has 0 heterocycles. The first-order valence-corrected chi connectivity index (χ1v) is 12.5. The molecule has 2 aromatic rings. The van der Waals surface area contributed by atoms with Crippen molar-refractivity contribution in [3.63, 3.8) is 0 Å². The van der Waals surface area contributed by atoms with Crippen LogP contribution in [0.2, 0.25) is 0 Å². The normalized spacial score (nSPS) is 12.7. The van der Waals surface area contributed by atoms with Crippen molar-refractivity contribution in [1.29, 1.82) is 0 Å². The highest BCUT2D eigenvalue weighted by atomic mass is 32.2. The number of ether oxygens (including phenoxy) is 2. The molecule has 176 valence electrons. The number of benzene rings is 2. The van der Waals surface area contributed by atoms with Crippen molar-refractivity contribution >= 4 is 21.6 Å². The predicted octanol–water partition coefficient (Wildman–Crippen LogP) is 3.73. The maximum absolute atomic E-state index is 12.5. The Balaban J connectivity index is 1.83. The molecule has 0 fully saturated rings. The minimum absolute atomic E-state index is 0.0889. The van der Waals surface area contributed by atoms with Crippen LogP contribution < -0.4 is 19.1 Å². The summed E-state index contributed by atoms with van der Waals surface area (Å²) in [5.74, 6) is 1.03. The lowest BCUT2D eigenvalue weighted by molar-refractivity contribution is -0.128.